The molecule has 0 amide bonds. The molecule has 0 bridgehead atoms. The Bertz CT molecular complexity index is 627. The van der Waals surface area contributed by atoms with Gasteiger partial charge in [0.1, 0.15) is 16.8 Å². The summed E-state index contributed by atoms with van der Waals surface area (Å²) in [5.74, 6) is 0.286. The minimum atomic E-state index is -3.70. The average Bonchev–Trinajstić information content (AvgIpc) is 2.39. The second-order valence-electron chi connectivity index (χ2n) is 3.42. The van der Waals surface area contributed by atoms with Crippen molar-refractivity contribution in [3.8, 4) is 5.75 Å². The lowest BCUT2D eigenvalue weighted by molar-refractivity contribution is 0.403. The molecule has 18 heavy (non-hydrogen) atoms. The molecule has 0 aliphatic carbocycles. The molecule has 1 N–H and O–H groups in total. The normalized spacial score (nSPS) is 10.9. The Hall–Kier alpha value is -2.08. The van der Waals surface area contributed by atoms with Crippen LogP contribution in [0.1, 0.15) is 0 Å². The fourth-order valence-corrected chi connectivity index (χ4v) is 2.61. The smallest absolute Gasteiger partial charge is 0.265 e. The van der Waals surface area contributed by atoms with Gasteiger partial charge in [-0.3, -0.25) is 9.71 Å². The van der Waals surface area contributed by atoms with E-state index in [-0.39, 0.29) is 16.3 Å². The summed E-state index contributed by atoms with van der Waals surface area (Å²) in [7, 11) is -2.28. The number of nitrogens with zero attached hydrogens (tertiary/aromatic N) is 1. The molecule has 0 spiro atoms. The van der Waals surface area contributed by atoms with Crippen LogP contribution in [0.5, 0.6) is 5.75 Å². The van der Waals surface area contributed by atoms with E-state index in [1.165, 1.54) is 19.4 Å². The molecule has 0 aliphatic rings. The van der Waals surface area contributed by atoms with E-state index in [2.05, 4.69) is 15.9 Å². The van der Waals surface area contributed by atoms with E-state index < -0.39 is 10.0 Å². The summed E-state index contributed by atoms with van der Waals surface area (Å²) >= 11 is 0. The molecule has 0 fully saturated rings. The SMILES string of the molecule is COc1ccccc1S(=O)(=O)Nc1[c]nccc1. The number of aromatic nitrogens is 1. The summed E-state index contributed by atoms with van der Waals surface area (Å²) in [6.45, 7) is 0. The summed E-state index contributed by atoms with van der Waals surface area (Å²) in [5.41, 5.74) is 0.281. The zero-order valence-corrected chi connectivity index (χ0v) is 10.4. The molecule has 0 atom stereocenters. The van der Waals surface area contributed by atoms with E-state index in [0.29, 0.717) is 0 Å². The predicted molar refractivity (Wildman–Crippen MR) is 66.9 cm³/mol. The minimum Gasteiger partial charge on any atom is -0.495 e. The van der Waals surface area contributed by atoms with Gasteiger partial charge >= 0.3 is 0 Å². The molecule has 0 saturated heterocycles. The van der Waals surface area contributed by atoms with E-state index in [0.717, 1.165) is 0 Å². The van der Waals surface area contributed by atoms with E-state index in [1.807, 2.05) is 0 Å². The predicted octanol–water partition coefficient (Wildman–Crippen LogP) is 1.69. The molecule has 6 heteroatoms. The van der Waals surface area contributed by atoms with E-state index in [9.17, 15) is 8.42 Å². The van der Waals surface area contributed by atoms with Gasteiger partial charge in [0.25, 0.3) is 10.0 Å². The van der Waals surface area contributed by atoms with Crippen molar-refractivity contribution in [1.82, 2.24) is 4.98 Å². The van der Waals surface area contributed by atoms with E-state index in [4.69, 9.17) is 4.74 Å². The van der Waals surface area contributed by atoms with E-state index >= 15 is 0 Å². The first-order chi connectivity index (χ1) is 8.63. The number of anilines is 1. The number of hydrogen-bond acceptors (Lipinski definition) is 4. The second kappa shape index (κ2) is 5.05. The number of nitrogens with one attached hydrogen (secondary N) is 1. The van der Waals surface area contributed by atoms with Crippen molar-refractivity contribution in [1.29, 1.82) is 0 Å². The number of para-hydroxylation sites is 1. The Morgan fingerprint density at radius 3 is 2.67 bits per heavy atom. The van der Waals surface area contributed by atoms with Crippen LogP contribution < -0.4 is 9.46 Å². The number of sulfonamides is 1. The fourth-order valence-electron chi connectivity index (χ4n) is 1.42. The largest absolute Gasteiger partial charge is 0.495 e. The molecule has 1 heterocycles. The highest BCUT2D eigenvalue weighted by Gasteiger charge is 2.18. The van der Waals surface area contributed by atoms with Gasteiger partial charge in [0.05, 0.1) is 12.8 Å². The molecular weight excluding hydrogens is 252 g/mol. The highest BCUT2D eigenvalue weighted by molar-refractivity contribution is 7.92. The Balaban J connectivity index is 2.37. The number of rotatable bonds is 4. The Labute approximate surface area is 105 Å². The topological polar surface area (TPSA) is 68.3 Å². The highest BCUT2D eigenvalue weighted by Crippen LogP contribution is 2.24. The van der Waals surface area contributed by atoms with Gasteiger partial charge in [-0.15, -0.1) is 0 Å². The first-order valence-electron chi connectivity index (χ1n) is 5.12. The third-order valence-corrected chi connectivity index (χ3v) is 3.62. The van der Waals surface area contributed by atoms with Crippen LogP contribution in [0.25, 0.3) is 0 Å². The van der Waals surface area contributed by atoms with Gasteiger partial charge < -0.3 is 4.74 Å². The average molecular weight is 263 g/mol. The number of hydrogen-bond donors (Lipinski definition) is 1. The van der Waals surface area contributed by atoms with Gasteiger partial charge in [0.15, 0.2) is 0 Å². The van der Waals surface area contributed by atoms with Crippen molar-refractivity contribution in [3.05, 3.63) is 48.8 Å². The number of ether oxygens (including phenoxy) is 1. The molecule has 1 aromatic heterocycles. The lowest BCUT2D eigenvalue weighted by Crippen LogP contribution is -2.14. The third kappa shape index (κ3) is 2.60. The molecule has 0 saturated carbocycles. The Morgan fingerprint density at radius 2 is 2.00 bits per heavy atom. The van der Waals surface area contributed by atoms with Crippen molar-refractivity contribution < 1.29 is 13.2 Å². The van der Waals surface area contributed by atoms with Gasteiger partial charge in [-0.25, -0.2) is 8.42 Å². The minimum absolute atomic E-state index is 0.0738. The fraction of sp³-hybridized carbons (Fsp3) is 0.0833. The van der Waals surface area contributed by atoms with Crippen molar-refractivity contribution in [2.24, 2.45) is 0 Å². The number of benzene rings is 1. The molecule has 2 rings (SSSR count). The first-order valence-corrected chi connectivity index (χ1v) is 6.60. The highest BCUT2D eigenvalue weighted by atomic mass is 32.2. The van der Waals surface area contributed by atoms with Crippen LogP contribution >= 0.6 is 0 Å². The van der Waals surface area contributed by atoms with E-state index in [1.54, 1.807) is 30.3 Å². The van der Waals surface area contributed by atoms with Crippen LogP contribution in [0.2, 0.25) is 0 Å². The van der Waals surface area contributed by atoms with Crippen LogP contribution in [0.15, 0.2) is 47.5 Å². The second-order valence-corrected chi connectivity index (χ2v) is 5.07. The number of methoxy groups -OCH3 is 1. The lowest BCUT2D eigenvalue weighted by Gasteiger charge is -2.10. The molecule has 5 nitrogen and oxygen atoms in total. The van der Waals surface area contributed by atoms with Crippen molar-refractivity contribution in [2.45, 2.75) is 4.90 Å². The van der Waals surface area contributed by atoms with Crippen LogP contribution in [0, 0.1) is 6.20 Å². The Kier molecular flexibility index (Phi) is 3.47. The van der Waals surface area contributed by atoms with Crippen LogP contribution in [-0.4, -0.2) is 20.5 Å². The maximum absolute atomic E-state index is 12.1. The van der Waals surface area contributed by atoms with Crippen LogP contribution in [0.4, 0.5) is 5.69 Å². The maximum atomic E-state index is 12.1. The zero-order valence-electron chi connectivity index (χ0n) is 9.62. The van der Waals surface area contributed by atoms with Gasteiger partial charge in [-0.2, -0.15) is 0 Å². The molecule has 93 valence electrons. The molecular formula is C12H11N2O3S. The number of pyridine rings is 1. The van der Waals surface area contributed by atoms with Gasteiger partial charge in [0.2, 0.25) is 0 Å². The summed E-state index contributed by atoms with van der Waals surface area (Å²) in [6, 6.07) is 9.58. The Morgan fingerprint density at radius 1 is 1.22 bits per heavy atom. The van der Waals surface area contributed by atoms with Gasteiger partial charge in [0, 0.05) is 6.20 Å². The van der Waals surface area contributed by atoms with Crippen molar-refractivity contribution in [2.75, 3.05) is 11.8 Å². The maximum Gasteiger partial charge on any atom is 0.265 e. The van der Waals surface area contributed by atoms with Crippen molar-refractivity contribution in [3.63, 3.8) is 0 Å². The summed E-state index contributed by atoms with van der Waals surface area (Å²) in [4.78, 5) is 3.80. The molecule has 0 unspecified atom stereocenters. The molecule has 2 aromatic rings. The van der Waals surface area contributed by atoms with Crippen molar-refractivity contribution >= 4 is 15.7 Å². The van der Waals surface area contributed by atoms with Gasteiger partial charge in [-0.05, 0) is 24.3 Å². The van der Waals surface area contributed by atoms with Crippen LogP contribution in [-0.2, 0) is 10.0 Å². The molecule has 1 aromatic carbocycles. The summed E-state index contributed by atoms with van der Waals surface area (Å²) in [6.07, 6.45) is 4.07. The summed E-state index contributed by atoms with van der Waals surface area (Å²) < 4.78 is 31.7. The van der Waals surface area contributed by atoms with Crippen LogP contribution in [0.3, 0.4) is 0 Å². The zero-order chi connectivity index (χ0) is 13.0. The lowest BCUT2D eigenvalue weighted by atomic mass is 10.3. The first kappa shape index (κ1) is 12.4. The summed E-state index contributed by atoms with van der Waals surface area (Å²) in [5, 5.41) is 0. The third-order valence-electron chi connectivity index (χ3n) is 2.21. The monoisotopic (exact) mass is 263 g/mol. The molecule has 1 radical (unpaired) electrons. The standard InChI is InChI=1S/C12H11N2O3S/c1-17-11-6-2-3-7-12(11)18(15,16)14-10-5-4-8-13-9-10/h2-8,14H,1H3. The quantitative estimate of drug-likeness (QED) is 0.911. The molecule has 0 aliphatic heterocycles. The van der Waals surface area contributed by atoms with Gasteiger partial charge in [-0.1, -0.05) is 12.1 Å².